The molecule has 0 fully saturated rings. The summed E-state index contributed by atoms with van der Waals surface area (Å²) in [4.78, 5) is 9.60. The molecule has 0 aromatic heterocycles. The van der Waals surface area contributed by atoms with Gasteiger partial charge in [-0.2, -0.15) is 0 Å². The Balaban J connectivity index is -0.000000126. The number of aliphatic carboxylic acids is 1. The fourth-order valence-electron chi connectivity index (χ4n) is 0.250. The van der Waals surface area contributed by atoms with Crippen LogP contribution >= 0.6 is 12.4 Å². The summed E-state index contributed by atoms with van der Waals surface area (Å²) in [6, 6.07) is 0. The average molecular weight is 196 g/mol. The number of carboxylic acid groups (broad SMARTS) is 1. The summed E-state index contributed by atoms with van der Waals surface area (Å²) >= 11 is 0. The van der Waals surface area contributed by atoms with Crippen molar-refractivity contribution in [3.05, 3.63) is 12.2 Å². The maximum atomic E-state index is 9.60. The predicted octanol–water partition coefficient (Wildman–Crippen LogP) is 1.68. The van der Waals surface area contributed by atoms with E-state index in [1.165, 1.54) is 6.92 Å². The molecule has 0 aliphatic rings. The Labute approximate surface area is 80.3 Å². The van der Waals surface area contributed by atoms with Crippen molar-refractivity contribution in [2.24, 2.45) is 0 Å². The zero-order valence-electron chi connectivity index (χ0n) is 7.89. The minimum Gasteiger partial charge on any atom is -0.478 e. The van der Waals surface area contributed by atoms with Crippen molar-refractivity contribution in [3.8, 4) is 0 Å². The molecule has 0 saturated carbocycles. The molecule has 0 saturated heterocycles. The normalized spacial score (nSPS) is 7.25. The molecule has 0 rings (SSSR count). The largest absolute Gasteiger partial charge is 0.478 e. The highest BCUT2D eigenvalue weighted by Crippen LogP contribution is 1.81. The lowest BCUT2D eigenvalue weighted by Gasteiger charge is -1.86. The Hall–Kier alpha value is -0.540. The van der Waals surface area contributed by atoms with Crippen LogP contribution in [0.25, 0.3) is 0 Å². The van der Waals surface area contributed by atoms with E-state index in [0.717, 1.165) is 13.1 Å². The van der Waals surface area contributed by atoms with Gasteiger partial charge < -0.3 is 10.4 Å². The van der Waals surface area contributed by atoms with Crippen molar-refractivity contribution in [2.75, 3.05) is 13.1 Å². The highest BCUT2D eigenvalue weighted by molar-refractivity contribution is 5.85. The van der Waals surface area contributed by atoms with Crippen LogP contribution in [0.5, 0.6) is 0 Å². The molecule has 0 atom stereocenters. The highest BCUT2D eigenvalue weighted by atomic mass is 35.5. The van der Waals surface area contributed by atoms with E-state index in [1.54, 1.807) is 0 Å². The third-order valence-corrected chi connectivity index (χ3v) is 0.865. The smallest absolute Gasteiger partial charge is 0.330 e. The molecule has 0 unspecified atom stereocenters. The van der Waals surface area contributed by atoms with E-state index in [4.69, 9.17) is 5.11 Å². The first kappa shape index (κ1) is 17.5. The quantitative estimate of drug-likeness (QED) is 0.674. The second kappa shape index (κ2) is 13.1. The average Bonchev–Trinajstić information content (AvgIpc) is 1.90. The van der Waals surface area contributed by atoms with Crippen molar-refractivity contribution < 1.29 is 9.90 Å². The van der Waals surface area contributed by atoms with Crippen LogP contribution in [-0.4, -0.2) is 24.2 Å². The molecule has 12 heavy (non-hydrogen) atoms. The van der Waals surface area contributed by atoms with Gasteiger partial charge >= 0.3 is 5.97 Å². The van der Waals surface area contributed by atoms with Crippen LogP contribution in [0.1, 0.15) is 20.8 Å². The minimum absolute atomic E-state index is 0. The molecule has 2 N–H and O–H groups in total. The van der Waals surface area contributed by atoms with Gasteiger partial charge in [0.25, 0.3) is 0 Å². The first-order chi connectivity index (χ1) is 5.06. The van der Waals surface area contributed by atoms with Gasteiger partial charge in [-0.3, -0.25) is 0 Å². The molecule has 4 heteroatoms. The highest BCUT2D eigenvalue weighted by Gasteiger charge is 1.90. The Morgan fingerprint density at radius 1 is 1.42 bits per heavy atom. The Kier molecular flexibility index (Phi) is 19.1. The van der Waals surface area contributed by atoms with Crippen molar-refractivity contribution in [1.29, 1.82) is 0 Å². The van der Waals surface area contributed by atoms with E-state index in [0.29, 0.717) is 0 Å². The number of halogens is 1. The van der Waals surface area contributed by atoms with Crippen LogP contribution in [-0.2, 0) is 4.79 Å². The van der Waals surface area contributed by atoms with Crippen LogP contribution in [0, 0.1) is 0 Å². The number of hydrogen-bond acceptors (Lipinski definition) is 2. The second-order valence-corrected chi connectivity index (χ2v) is 2.04. The van der Waals surface area contributed by atoms with Gasteiger partial charge in [0.1, 0.15) is 0 Å². The molecular formula is C8H18ClNO2. The summed E-state index contributed by atoms with van der Waals surface area (Å²) in [6.45, 7) is 11.0. The third-order valence-electron chi connectivity index (χ3n) is 0.865. The van der Waals surface area contributed by atoms with E-state index in [1.807, 2.05) is 0 Å². The molecule has 0 aliphatic heterocycles. The van der Waals surface area contributed by atoms with Gasteiger partial charge in [-0.15, -0.1) is 12.4 Å². The van der Waals surface area contributed by atoms with E-state index in [2.05, 4.69) is 25.7 Å². The molecule has 3 nitrogen and oxygen atoms in total. The van der Waals surface area contributed by atoms with Crippen LogP contribution in [0.2, 0.25) is 0 Å². The van der Waals surface area contributed by atoms with Crippen molar-refractivity contribution in [3.63, 3.8) is 0 Å². The SMILES string of the molecule is C=C(C)C(=O)O.CCNCC.Cl. The van der Waals surface area contributed by atoms with Gasteiger partial charge in [-0.05, 0) is 20.0 Å². The predicted molar refractivity (Wildman–Crippen MR) is 53.9 cm³/mol. The Morgan fingerprint density at radius 2 is 1.67 bits per heavy atom. The zero-order valence-corrected chi connectivity index (χ0v) is 8.70. The number of nitrogens with one attached hydrogen (secondary N) is 1. The number of hydrogen-bond donors (Lipinski definition) is 2. The summed E-state index contributed by atoms with van der Waals surface area (Å²) < 4.78 is 0. The van der Waals surface area contributed by atoms with E-state index >= 15 is 0 Å². The molecular weight excluding hydrogens is 178 g/mol. The topological polar surface area (TPSA) is 49.3 Å². The van der Waals surface area contributed by atoms with Gasteiger partial charge in [-0.25, -0.2) is 4.79 Å². The fraction of sp³-hybridized carbons (Fsp3) is 0.625. The van der Waals surface area contributed by atoms with Gasteiger partial charge in [0.05, 0.1) is 0 Å². The Morgan fingerprint density at radius 3 is 1.67 bits per heavy atom. The van der Waals surface area contributed by atoms with E-state index < -0.39 is 5.97 Å². The zero-order chi connectivity index (χ0) is 9.28. The molecule has 74 valence electrons. The molecule has 0 heterocycles. The van der Waals surface area contributed by atoms with Crippen LogP contribution in [0.15, 0.2) is 12.2 Å². The first-order valence-corrected chi connectivity index (χ1v) is 3.65. The third kappa shape index (κ3) is 22.7. The molecule has 0 bridgehead atoms. The molecule has 0 spiro atoms. The van der Waals surface area contributed by atoms with Gasteiger partial charge in [0, 0.05) is 5.57 Å². The van der Waals surface area contributed by atoms with Gasteiger partial charge in [0.2, 0.25) is 0 Å². The lowest BCUT2D eigenvalue weighted by Crippen LogP contribution is -2.09. The van der Waals surface area contributed by atoms with E-state index in [9.17, 15) is 4.79 Å². The summed E-state index contributed by atoms with van der Waals surface area (Å²) in [5.74, 6) is -0.935. The monoisotopic (exact) mass is 195 g/mol. The number of carboxylic acids is 1. The molecule has 0 aromatic rings. The molecule has 0 aromatic carbocycles. The minimum atomic E-state index is -0.935. The molecule has 0 amide bonds. The van der Waals surface area contributed by atoms with Gasteiger partial charge in [-0.1, -0.05) is 20.4 Å². The maximum absolute atomic E-state index is 9.60. The fourth-order valence-corrected chi connectivity index (χ4v) is 0.250. The molecule has 0 radical (unpaired) electrons. The van der Waals surface area contributed by atoms with Crippen LogP contribution in [0.3, 0.4) is 0 Å². The molecule has 0 aliphatic carbocycles. The summed E-state index contributed by atoms with van der Waals surface area (Å²) in [5.41, 5.74) is 0.176. The summed E-state index contributed by atoms with van der Waals surface area (Å²) in [5, 5.41) is 11.0. The van der Waals surface area contributed by atoms with Crippen LogP contribution < -0.4 is 5.32 Å². The second-order valence-electron chi connectivity index (χ2n) is 2.04. The summed E-state index contributed by atoms with van der Waals surface area (Å²) in [7, 11) is 0. The number of carbonyl (C=O) groups is 1. The number of rotatable bonds is 3. The van der Waals surface area contributed by atoms with Gasteiger partial charge in [0.15, 0.2) is 0 Å². The van der Waals surface area contributed by atoms with Crippen molar-refractivity contribution >= 4 is 18.4 Å². The van der Waals surface area contributed by atoms with Crippen LogP contribution in [0.4, 0.5) is 0 Å². The first-order valence-electron chi connectivity index (χ1n) is 3.65. The van der Waals surface area contributed by atoms with Crippen molar-refractivity contribution in [1.82, 2.24) is 5.32 Å². The summed E-state index contributed by atoms with van der Waals surface area (Å²) in [6.07, 6.45) is 0. The standard InChI is InChI=1S/C4H11N.C4H6O2.ClH/c1-3-5-4-2;1-3(2)4(5)6;/h5H,3-4H2,1-2H3;1H2,2H3,(H,5,6);1H. The lowest BCUT2D eigenvalue weighted by molar-refractivity contribution is -0.132. The van der Waals surface area contributed by atoms with E-state index in [-0.39, 0.29) is 18.0 Å². The Bertz CT molecular complexity index is 112. The van der Waals surface area contributed by atoms with Crippen molar-refractivity contribution in [2.45, 2.75) is 20.8 Å². The lowest BCUT2D eigenvalue weighted by atomic mass is 10.4. The maximum Gasteiger partial charge on any atom is 0.330 e.